The van der Waals surface area contributed by atoms with Crippen molar-refractivity contribution >= 4 is 49.0 Å². The third-order valence-corrected chi connectivity index (χ3v) is 8.05. The molecule has 1 aromatic carbocycles. The molecule has 1 aliphatic rings. The number of fused-ring (bicyclic) bond motifs is 2. The van der Waals surface area contributed by atoms with Gasteiger partial charge in [0, 0.05) is 28.0 Å². The predicted octanol–water partition coefficient (Wildman–Crippen LogP) is 3.81. The van der Waals surface area contributed by atoms with Crippen molar-refractivity contribution in [3.8, 4) is 0 Å². The Kier molecular flexibility index (Phi) is 5.13. The van der Waals surface area contributed by atoms with E-state index < -0.39 is 10.0 Å². The molecular weight excluding hydrogens is 458 g/mol. The van der Waals surface area contributed by atoms with E-state index >= 15 is 0 Å². The predicted molar refractivity (Wildman–Crippen MR) is 128 cm³/mol. The summed E-state index contributed by atoms with van der Waals surface area (Å²) in [4.78, 5) is 27.2. The van der Waals surface area contributed by atoms with Gasteiger partial charge >= 0.3 is 0 Å². The van der Waals surface area contributed by atoms with Crippen LogP contribution in [0.2, 0.25) is 0 Å². The smallest absolute Gasteiger partial charge is 0.264 e. The number of sulfonamides is 1. The molecule has 0 spiro atoms. The van der Waals surface area contributed by atoms with Gasteiger partial charge in [0.2, 0.25) is 11.7 Å². The highest BCUT2D eigenvalue weighted by atomic mass is 32.2. The molecule has 1 aliphatic carbocycles. The van der Waals surface area contributed by atoms with Crippen LogP contribution in [0, 0.1) is 13.8 Å². The van der Waals surface area contributed by atoms with Crippen molar-refractivity contribution in [3.05, 3.63) is 69.5 Å². The molecule has 0 fully saturated rings. The summed E-state index contributed by atoms with van der Waals surface area (Å²) in [5.41, 5.74) is 10.7. The molecule has 0 atom stereocenters. The highest BCUT2D eigenvalue weighted by Gasteiger charge is 2.23. The van der Waals surface area contributed by atoms with Gasteiger partial charge in [-0.3, -0.25) is 4.79 Å². The van der Waals surface area contributed by atoms with E-state index in [1.165, 1.54) is 41.2 Å². The van der Waals surface area contributed by atoms with Gasteiger partial charge in [0.25, 0.3) is 10.0 Å². The zero-order valence-electron chi connectivity index (χ0n) is 18.0. The molecule has 0 saturated carbocycles. The van der Waals surface area contributed by atoms with E-state index in [1.807, 2.05) is 6.07 Å². The average Bonchev–Trinajstić information content (AvgIpc) is 3.34. The van der Waals surface area contributed by atoms with Crippen LogP contribution in [0.1, 0.15) is 44.3 Å². The highest BCUT2D eigenvalue weighted by Crippen LogP contribution is 2.37. The summed E-state index contributed by atoms with van der Waals surface area (Å²) in [6, 6.07) is 9.53. The molecule has 8 nitrogen and oxygen atoms in total. The van der Waals surface area contributed by atoms with Crippen LogP contribution in [-0.4, -0.2) is 29.2 Å². The first-order valence-electron chi connectivity index (χ1n) is 10.4. The number of hydrogen-bond donors (Lipinski definition) is 2. The van der Waals surface area contributed by atoms with E-state index in [-0.39, 0.29) is 16.6 Å². The molecule has 0 saturated heterocycles. The minimum Gasteiger partial charge on any atom is -0.397 e. The Balaban J connectivity index is 1.42. The number of benzene rings is 1. The third kappa shape index (κ3) is 3.96. The van der Waals surface area contributed by atoms with Crippen molar-refractivity contribution in [2.75, 3.05) is 10.5 Å². The van der Waals surface area contributed by atoms with E-state index in [1.54, 1.807) is 19.9 Å². The largest absolute Gasteiger partial charge is 0.397 e. The fourth-order valence-corrected chi connectivity index (χ4v) is 6.04. The molecular formula is C23H21N5O3S2. The van der Waals surface area contributed by atoms with Gasteiger partial charge in [-0.15, -0.1) is 11.3 Å². The van der Waals surface area contributed by atoms with Gasteiger partial charge in [-0.25, -0.2) is 28.1 Å². The van der Waals surface area contributed by atoms with Crippen molar-refractivity contribution in [3.63, 3.8) is 0 Å². The molecule has 4 aromatic rings. The Labute approximate surface area is 195 Å². The van der Waals surface area contributed by atoms with Crippen LogP contribution in [0.4, 0.5) is 11.6 Å². The number of rotatable bonds is 5. The second-order valence-corrected chi connectivity index (χ2v) is 10.8. The summed E-state index contributed by atoms with van der Waals surface area (Å²) in [6.07, 6.45) is 3.02. The van der Waals surface area contributed by atoms with E-state index in [9.17, 15) is 13.2 Å². The molecule has 0 aliphatic heterocycles. The first kappa shape index (κ1) is 21.5. The zero-order chi connectivity index (χ0) is 23.3. The standard InChI is InChI=1S/C23H21N5O3S2/c1-12-10-13(2)26-23(25-12)28-33(30,31)16-8-6-14(7-9-16)20(29)21-19(24)17-11-15-4-3-5-18(15)27-22(17)32-21/h6-11H,3-5,24H2,1-2H3,(H,25,26,28). The molecule has 0 amide bonds. The number of thiophene rings is 1. The van der Waals surface area contributed by atoms with Crippen LogP contribution in [0.15, 0.2) is 41.3 Å². The summed E-state index contributed by atoms with van der Waals surface area (Å²) < 4.78 is 27.9. The molecule has 0 unspecified atom stereocenters. The lowest BCUT2D eigenvalue weighted by Crippen LogP contribution is -2.16. The van der Waals surface area contributed by atoms with Crippen molar-refractivity contribution in [2.45, 2.75) is 38.0 Å². The van der Waals surface area contributed by atoms with Crippen LogP contribution in [0.25, 0.3) is 10.2 Å². The Morgan fingerprint density at radius 1 is 1.03 bits per heavy atom. The second-order valence-electron chi connectivity index (χ2n) is 8.08. The van der Waals surface area contributed by atoms with Crippen molar-refractivity contribution in [2.24, 2.45) is 0 Å². The van der Waals surface area contributed by atoms with Gasteiger partial charge in [-0.1, -0.05) is 0 Å². The number of hydrogen-bond acceptors (Lipinski definition) is 8. The van der Waals surface area contributed by atoms with Crippen LogP contribution in [0.3, 0.4) is 0 Å². The number of nitrogens with one attached hydrogen (secondary N) is 1. The lowest BCUT2D eigenvalue weighted by atomic mass is 10.1. The Morgan fingerprint density at radius 3 is 2.42 bits per heavy atom. The second kappa shape index (κ2) is 7.89. The Morgan fingerprint density at radius 2 is 1.73 bits per heavy atom. The topological polar surface area (TPSA) is 128 Å². The highest BCUT2D eigenvalue weighted by molar-refractivity contribution is 7.92. The summed E-state index contributed by atoms with van der Waals surface area (Å²) in [7, 11) is -3.91. The molecule has 168 valence electrons. The number of ketones is 1. The lowest BCUT2D eigenvalue weighted by Gasteiger charge is -2.08. The summed E-state index contributed by atoms with van der Waals surface area (Å²) in [5.74, 6) is -0.254. The maximum Gasteiger partial charge on any atom is 0.264 e. The van der Waals surface area contributed by atoms with Crippen molar-refractivity contribution in [1.82, 2.24) is 15.0 Å². The minimum absolute atomic E-state index is 0.00390. The van der Waals surface area contributed by atoms with Gasteiger partial charge in [0.15, 0.2) is 0 Å². The molecule has 0 radical (unpaired) electrons. The number of aryl methyl sites for hydroxylation is 4. The number of pyridine rings is 1. The number of aromatic nitrogens is 3. The Hall–Kier alpha value is -3.37. The van der Waals surface area contributed by atoms with Gasteiger partial charge in [0.05, 0.1) is 10.6 Å². The fraction of sp³-hybridized carbons (Fsp3) is 0.217. The molecule has 0 bridgehead atoms. The molecule has 33 heavy (non-hydrogen) atoms. The van der Waals surface area contributed by atoms with Gasteiger partial charge in [-0.05, 0) is 75.1 Å². The van der Waals surface area contributed by atoms with E-state index in [2.05, 4.69) is 14.7 Å². The summed E-state index contributed by atoms with van der Waals surface area (Å²) in [6.45, 7) is 3.52. The van der Waals surface area contributed by atoms with E-state index in [4.69, 9.17) is 10.7 Å². The van der Waals surface area contributed by atoms with Crippen LogP contribution < -0.4 is 10.5 Å². The molecule has 3 N–H and O–H groups in total. The number of carbonyl (C=O) groups excluding carboxylic acids is 1. The van der Waals surface area contributed by atoms with E-state index in [0.717, 1.165) is 35.2 Å². The molecule has 5 rings (SSSR count). The molecule has 3 aromatic heterocycles. The third-order valence-electron chi connectivity index (χ3n) is 5.59. The lowest BCUT2D eigenvalue weighted by molar-refractivity contribution is 0.104. The van der Waals surface area contributed by atoms with Crippen LogP contribution in [-0.2, 0) is 22.9 Å². The summed E-state index contributed by atoms with van der Waals surface area (Å²) >= 11 is 1.27. The number of nitrogen functional groups attached to an aromatic ring is 1. The monoisotopic (exact) mass is 479 g/mol. The van der Waals surface area contributed by atoms with Crippen LogP contribution >= 0.6 is 11.3 Å². The summed E-state index contributed by atoms with van der Waals surface area (Å²) in [5, 5.41) is 0.806. The van der Waals surface area contributed by atoms with E-state index in [0.29, 0.717) is 27.5 Å². The number of nitrogens with zero attached hydrogens (tertiary/aromatic N) is 3. The Bertz CT molecular complexity index is 1510. The first-order chi connectivity index (χ1) is 15.7. The zero-order valence-corrected chi connectivity index (χ0v) is 19.7. The number of nitrogens with two attached hydrogens (primary N) is 1. The number of carbonyl (C=O) groups is 1. The average molecular weight is 480 g/mol. The van der Waals surface area contributed by atoms with Gasteiger partial charge < -0.3 is 5.73 Å². The fourth-order valence-electron chi connectivity index (χ4n) is 4.03. The normalized spacial score (nSPS) is 13.3. The maximum absolute atomic E-state index is 13.1. The molecule has 10 heteroatoms. The van der Waals surface area contributed by atoms with Gasteiger partial charge in [-0.2, -0.15) is 0 Å². The van der Waals surface area contributed by atoms with Gasteiger partial charge in [0.1, 0.15) is 9.71 Å². The number of anilines is 2. The van der Waals surface area contributed by atoms with Crippen molar-refractivity contribution in [1.29, 1.82) is 0 Å². The molecule has 3 heterocycles. The quantitative estimate of drug-likeness (QED) is 0.417. The maximum atomic E-state index is 13.1. The first-order valence-corrected chi connectivity index (χ1v) is 12.7. The van der Waals surface area contributed by atoms with Crippen LogP contribution in [0.5, 0.6) is 0 Å². The van der Waals surface area contributed by atoms with Crippen molar-refractivity contribution < 1.29 is 13.2 Å². The minimum atomic E-state index is -3.91. The SMILES string of the molecule is Cc1cc(C)nc(NS(=O)(=O)c2ccc(C(=O)c3sc4nc5c(cc4c3N)CCC5)cc2)n1.